The minimum Gasteiger partial charge on any atom is -0.474 e. The first-order valence-electron chi connectivity index (χ1n) is 6.49. The Labute approximate surface area is 114 Å². The van der Waals surface area contributed by atoms with Gasteiger partial charge in [-0.15, -0.1) is 0 Å². The van der Waals surface area contributed by atoms with Crippen molar-refractivity contribution in [2.45, 2.75) is 44.8 Å². The molecule has 1 aliphatic carbocycles. The zero-order valence-corrected chi connectivity index (χ0v) is 12.1. The van der Waals surface area contributed by atoms with Gasteiger partial charge in [0.1, 0.15) is 6.10 Å². The standard InChI is InChI=1S/C13H20N2O3S/c1-10-3-8-13(14-9-10)18-12-6-4-11(5-7-12)15-19(2,16)17/h3,8-9,11-12,15H,4-7H2,1-2H3. The number of pyridine rings is 1. The molecule has 0 aromatic carbocycles. The second kappa shape index (κ2) is 5.88. The molecule has 0 saturated heterocycles. The maximum absolute atomic E-state index is 11.2. The number of hydrogen-bond donors (Lipinski definition) is 1. The molecule has 0 unspecified atom stereocenters. The minimum atomic E-state index is -3.11. The van der Waals surface area contributed by atoms with Crippen molar-refractivity contribution >= 4 is 10.0 Å². The molecule has 0 aliphatic heterocycles. The van der Waals surface area contributed by atoms with Crippen molar-refractivity contribution in [1.29, 1.82) is 0 Å². The van der Waals surface area contributed by atoms with Gasteiger partial charge in [0.2, 0.25) is 15.9 Å². The van der Waals surface area contributed by atoms with E-state index in [0.29, 0.717) is 5.88 Å². The molecule has 1 heterocycles. The maximum Gasteiger partial charge on any atom is 0.213 e. The molecule has 1 aromatic heterocycles. The normalized spacial score (nSPS) is 24.1. The quantitative estimate of drug-likeness (QED) is 0.912. The summed E-state index contributed by atoms with van der Waals surface area (Å²) in [6.07, 6.45) is 6.43. The largest absolute Gasteiger partial charge is 0.474 e. The van der Waals surface area contributed by atoms with Gasteiger partial charge in [0.15, 0.2) is 0 Å². The average Bonchev–Trinajstić information content (AvgIpc) is 2.33. The van der Waals surface area contributed by atoms with Gasteiger partial charge in [-0.25, -0.2) is 18.1 Å². The van der Waals surface area contributed by atoms with Crippen LogP contribution in [0.3, 0.4) is 0 Å². The predicted octanol–water partition coefficient (Wildman–Crippen LogP) is 1.63. The lowest BCUT2D eigenvalue weighted by atomic mass is 9.94. The zero-order valence-electron chi connectivity index (χ0n) is 11.3. The van der Waals surface area contributed by atoms with E-state index >= 15 is 0 Å². The van der Waals surface area contributed by atoms with Crippen molar-refractivity contribution in [2.75, 3.05) is 6.26 Å². The van der Waals surface area contributed by atoms with Gasteiger partial charge in [0, 0.05) is 18.3 Å². The summed E-state index contributed by atoms with van der Waals surface area (Å²) in [6.45, 7) is 1.98. The third-order valence-corrected chi connectivity index (χ3v) is 3.99. The van der Waals surface area contributed by atoms with Crippen molar-refractivity contribution in [1.82, 2.24) is 9.71 Å². The maximum atomic E-state index is 11.2. The van der Waals surface area contributed by atoms with Gasteiger partial charge >= 0.3 is 0 Å². The van der Waals surface area contributed by atoms with Crippen LogP contribution < -0.4 is 9.46 Å². The highest BCUT2D eigenvalue weighted by molar-refractivity contribution is 7.88. The van der Waals surface area contributed by atoms with E-state index in [1.54, 1.807) is 6.20 Å². The Bertz CT molecular complexity index is 505. The molecule has 0 amide bonds. The number of ether oxygens (including phenoxy) is 1. The van der Waals surface area contributed by atoms with Gasteiger partial charge in [-0.05, 0) is 38.2 Å². The third kappa shape index (κ3) is 4.80. The first-order valence-corrected chi connectivity index (χ1v) is 8.38. The number of hydrogen-bond acceptors (Lipinski definition) is 4. The van der Waals surface area contributed by atoms with Crippen LogP contribution in [0.5, 0.6) is 5.88 Å². The van der Waals surface area contributed by atoms with Gasteiger partial charge in [-0.2, -0.15) is 0 Å². The first kappa shape index (κ1) is 14.3. The second-order valence-corrected chi connectivity index (χ2v) is 6.94. The predicted molar refractivity (Wildman–Crippen MR) is 73.6 cm³/mol. The van der Waals surface area contributed by atoms with Crippen LogP contribution in [-0.2, 0) is 10.0 Å². The summed E-state index contributed by atoms with van der Waals surface area (Å²) in [6, 6.07) is 3.89. The van der Waals surface area contributed by atoms with Crippen molar-refractivity contribution < 1.29 is 13.2 Å². The molecule has 106 valence electrons. The highest BCUT2D eigenvalue weighted by atomic mass is 32.2. The van der Waals surface area contributed by atoms with Crippen molar-refractivity contribution in [3.63, 3.8) is 0 Å². The molecule has 0 spiro atoms. The smallest absolute Gasteiger partial charge is 0.213 e. The Morgan fingerprint density at radius 2 is 1.95 bits per heavy atom. The summed E-state index contributed by atoms with van der Waals surface area (Å²) in [5.41, 5.74) is 1.11. The lowest BCUT2D eigenvalue weighted by Crippen LogP contribution is -2.39. The van der Waals surface area contributed by atoms with Crippen LogP contribution in [-0.4, -0.2) is 31.8 Å². The Morgan fingerprint density at radius 1 is 1.26 bits per heavy atom. The van der Waals surface area contributed by atoms with E-state index in [-0.39, 0.29) is 12.1 Å². The number of nitrogens with one attached hydrogen (secondary N) is 1. The summed E-state index contributed by atoms with van der Waals surface area (Å²) in [4.78, 5) is 4.22. The number of rotatable bonds is 4. The summed E-state index contributed by atoms with van der Waals surface area (Å²) >= 11 is 0. The number of aryl methyl sites for hydroxylation is 1. The third-order valence-electron chi connectivity index (χ3n) is 3.23. The van der Waals surface area contributed by atoms with Crippen LogP contribution >= 0.6 is 0 Å². The second-order valence-electron chi connectivity index (χ2n) is 5.16. The van der Waals surface area contributed by atoms with E-state index in [9.17, 15) is 8.42 Å². The topological polar surface area (TPSA) is 68.3 Å². The van der Waals surface area contributed by atoms with E-state index in [1.807, 2.05) is 19.1 Å². The molecule has 19 heavy (non-hydrogen) atoms. The van der Waals surface area contributed by atoms with Crippen molar-refractivity contribution in [2.24, 2.45) is 0 Å². The first-order chi connectivity index (χ1) is 8.92. The lowest BCUT2D eigenvalue weighted by Gasteiger charge is -2.28. The zero-order chi connectivity index (χ0) is 13.9. The van der Waals surface area contributed by atoms with Crippen molar-refractivity contribution in [3.8, 4) is 5.88 Å². The molecule has 1 fully saturated rings. The van der Waals surface area contributed by atoms with E-state index in [1.165, 1.54) is 6.26 Å². The fourth-order valence-corrected chi connectivity index (χ4v) is 3.14. The molecule has 1 N–H and O–H groups in total. The number of sulfonamides is 1. The molecule has 0 atom stereocenters. The number of nitrogens with zero attached hydrogens (tertiary/aromatic N) is 1. The van der Waals surface area contributed by atoms with Crippen molar-refractivity contribution in [3.05, 3.63) is 23.9 Å². The lowest BCUT2D eigenvalue weighted by molar-refractivity contribution is 0.138. The Kier molecular flexibility index (Phi) is 4.42. The highest BCUT2D eigenvalue weighted by Crippen LogP contribution is 2.23. The van der Waals surface area contributed by atoms with E-state index in [2.05, 4.69) is 9.71 Å². The van der Waals surface area contributed by atoms with Gasteiger partial charge in [-0.1, -0.05) is 6.07 Å². The summed E-state index contributed by atoms with van der Waals surface area (Å²) in [5, 5.41) is 0. The van der Waals surface area contributed by atoms with Gasteiger partial charge in [-0.3, -0.25) is 0 Å². The Hall–Kier alpha value is -1.14. The fraction of sp³-hybridized carbons (Fsp3) is 0.615. The monoisotopic (exact) mass is 284 g/mol. The number of aromatic nitrogens is 1. The Balaban J connectivity index is 1.82. The van der Waals surface area contributed by atoms with Gasteiger partial charge < -0.3 is 4.74 Å². The van der Waals surface area contributed by atoms with Crippen LogP contribution in [0.25, 0.3) is 0 Å². The SMILES string of the molecule is Cc1ccc(OC2CCC(NS(C)(=O)=O)CC2)nc1. The Morgan fingerprint density at radius 3 is 2.47 bits per heavy atom. The summed E-state index contributed by atoms with van der Waals surface area (Å²) < 4.78 is 30.8. The molecular formula is C13H20N2O3S. The van der Waals surface area contributed by atoms with Crippen LogP contribution in [0.15, 0.2) is 18.3 Å². The fourth-order valence-electron chi connectivity index (χ4n) is 2.30. The van der Waals surface area contributed by atoms with E-state index in [4.69, 9.17) is 4.74 Å². The summed E-state index contributed by atoms with van der Waals surface area (Å²) in [5.74, 6) is 0.644. The van der Waals surface area contributed by atoms with Crippen LogP contribution in [0, 0.1) is 6.92 Å². The molecule has 1 aliphatic rings. The van der Waals surface area contributed by atoms with Crippen LogP contribution in [0.4, 0.5) is 0 Å². The molecule has 6 heteroatoms. The highest BCUT2D eigenvalue weighted by Gasteiger charge is 2.24. The van der Waals surface area contributed by atoms with Crippen LogP contribution in [0.2, 0.25) is 0 Å². The molecular weight excluding hydrogens is 264 g/mol. The molecule has 5 nitrogen and oxygen atoms in total. The molecule has 1 saturated carbocycles. The van der Waals surface area contributed by atoms with E-state index in [0.717, 1.165) is 31.2 Å². The van der Waals surface area contributed by atoms with Gasteiger partial charge in [0.25, 0.3) is 0 Å². The molecule has 0 radical (unpaired) electrons. The van der Waals surface area contributed by atoms with E-state index < -0.39 is 10.0 Å². The molecule has 1 aromatic rings. The molecule has 2 rings (SSSR count). The minimum absolute atomic E-state index is 0.0424. The summed E-state index contributed by atoms with van der Waals surface area (Å²) in [7, 11) is -3.11. The average molecular weight is 284 g/mol. The van der Waals surface area contributed by atoms with Crippen LogP contribution in [0.1, 0.15) is 31.2 Å². The molecule has 0 bridgehead atoms. The van der Waals surface area contributed by atoms with Gasteiger partial charge in [0.05, 0.1) is 6.26 Å².